The number of carbonyl (C=O) groups is 1. The first-order valence-electron chi connectivity index (χ1n) is 18.6. The van der Waals surface area contributed by atoms with Gasteiger partial charge in [-0.2, -0.15) is 12.6 Å². The summed E-state index contributed by atoms with van der Waals surface area (Å²) in [4.78, 5) is 19.1. The fourth-order valence-electron chi connectivity index (χ4n) is 7.12. The van der Waals surface area contributed by atoms with Crippen LogP contribution in [0.1, 0.15) is 87.6 Å². The molecular weight excluding hydrogens is 637 g/mol. The van der Waals surface area contributed by atoms with E-state index in [4.69, 9.17) is 4.74 Å². The van der Waals surface area contributed by atoms with Crippen molar-refractivity contribution in [3.63, 3.8) is 0 Å². The van der Waals surface area contributed by atoms with Crippen molar-refractivity contribution in [3.8, 4) is 16.9 Å². The smallest absolute Gasteiger partial charge is 0.256 e. The first-order chi connectivity index (χ1) is 24.5. The average molecular weight is 693 g/mol. The lowest BCUT2D eigenvalue weighted by Gasteiger charge is -2.40. The van der Waals surface area contributed by atoms with E-state index >= 15 is 0 Å². The van der Waals surface area contributed by atoms with Crippen LogP contribution in [-0.2, 0) is 0 Å². The Morgan fingerprint density at radius 3 is 2.44 bits per heavy atom. The predicted octanol–water partition coefficient (Wildman–Crippen LogP) is 9.79. The van der Waals surface area contributed by atoms with Gasteiger partial charge in [0.2, 0.25) is 0 Å². The SMILES string of the molecule is C=C(NC(/C=C\S)=C(/C)CCCCC)c1ccc(NC(=O)c2ccccc2-c2ccccc2)c(OCCN2CCC(N3CCCCC3)CC2)c1. The number of allylic oxidation sites excluding steroid dienone is 2. The lowest BCUT2D eigenvalue weighted by Crippen LogP contribution is -2.47. The fraction of sp³-hybridized carbons (Fsp3) is 0.419. The van der Waals surface area contributed by atoms with Crippen LogP contribution in [0.5, 0.6) is 5.75 Å². The van der Waals surface area contributed by atoms with Gasteiger partial charge in [-0.1, -0.05) is 87.4 Å². The van der Waals surface area contributed by atoms with Crippen molar-refractivity contribution in [1.82, 2.24) is 15.1 Å². The van der Waals surface area contributed by atoms with Crippen molar-refractivity contribution in [3.05, 3.63) is 113 Å². The van der Waals surface area contributed by atoms with Gasteiger partial charge >= 0.3 is 0 Å². The summed E-state index contributed by atoms with van der Waals surface area (Å²) in [5.41, 5.74) is 7.08. The number of benzene rings is 3. The van der Waals surface area contributed by atoms with Gasteiger partial charge in [-0.15, -0.1) is 0 Å². The molecule has 2 N–H and O–H groups in total. The number of amides is 1. The highest BCUT2D eigenvalue weighted by Gasteiger charge is 2.25. The molecule has 3 aromatic rings. The zero-order chi connectivity index (χ0) is 35.1. The molecule has 0 radical (unpaired) electrons. The van der Waals surface area contributed by atoms with Crippen LogP contribution < -0.4 is 15.4 Å². The van der Waals surface area contributed by atoms with Crippen LogP contribution in [0.2, 0.25) is 0 Å². The summed E-state index contributed by atoms with van der Waals surface area (Å²) >= 11 is 4.36. The van der Waals surface area contributed by atoms with Gasteiger partial charge in [0.1, 0.15) is 12.4 Å². The van der Waals surface area contributed by atoms with E-state index in [1.165, 1.54) is 63.6 Å². The molecule has 50 heavy (non-hydrogen) atoms. The lowest BCUT2D eigenvalue weighted by molar-refractivity contribution is 0.0858. The van der Waals surface area contributed by atoms with Crippen molar-refractivity contribution in [2.75, 3.05) is 44.6 Å². The van der Waals surface area contributed by atoms with Gasteiger partial charge in [0.05, 0.1) is 5.69 Å². The molecule has 2 aliphatic rings. The number of piperidine rings is 2. The molecule has 0 bridgehead atoms. The van der Waals surface area contributed by atoms with Gasteiger partial charge < -0.3 is 20.3 Å². The molecule has 0 aliphatic carbocycles. The maximum atomic E-state index is 13.8. The number of hydrogen-bond donors (Lipinski definition) is 3. The summed E-state index contributed by atoms with van der Waals surface area (Å²) in [6.07, 6.45) is 13.0. The van der Waals surface area contributed by atoms with Gasteiger partial charge in [0.25, 0.3) is 5.91 Å². The number of nitrogens with one attached hydrogen (secondary N) is 2. The van der Waals surface area contributed by atoms with E-state index in [1.54, 1.807) is 5.41 Å². The van der Waals surface area contributed by atoms with Gasteiger partial charge in [0, 0.05) is 35.1 Å². The molecule has 5 rings (SSSR count). The normalized spacial score (nSPS) is 16.6. The van der Waals surface area contributed by atoms with Crippen molar-refractivity contribution in [2.24, 2.45) is 0 Å². The topological polar surface area (TPSA) is 56.8 Å². The number of thiol groups is 1. The summed E-state index contributed by atoms with van der Waals surface area (Å²) in [5, 5.41) is 8.47. The average Bonchev–Trinajstić information content (AvgIpc) is 3.16. The maximum absolute atomic E-state index is 13.8. The zero-order valence-electron chi connectivity index (χ0n) is 30.1. The van der Waals surface area contributed by atoms with E-state index in [9.17, 15) is 4.79 Å². The number of hydrogen-bond acceptors (Lipinski definition) is 6. The Kier molecular flexibility index (Phi) is 14.7. The first-order valence-corrected chi connectivity index (χ1v) is 19.1. The lowest BCUT2D eigenvalue weighted by atomic mass is 9.99. The van der Waals surface area contributed by atoms with Gasteiger partial charge in [-0.05, 0) is 118 Å². The van der Waals surface area contributed by atoms with Gasteiger partial charge in [0.15, 0.2) is 0 Å². The largest absolute Gasteiger partial charge is 0.490 e. The standard InChI is InChI=1S/C43H56N4O2S/c1-4-5-8-15-33(2)40(24-31-50)44-34(3)36-20-21-41(45-43(48)39-19-12-11-18-38(39)35-16-9-6-10-17-35)42(32-36)49-30-29-46-27-22-37(23-28-46)47-25-13-7-14-26-47/h6,9-12,16-21,24,31-32,37,44,50H,3-5,7-8,13-15,22-23,25-30H2,1-2H3,(H,45,48)/b31-24-,40-33-. The molecule has 0 saturated carbocycles. The number of nitrogens with zero attached hydrogens (tertiary/aromatic N) is 2. The van der Waals surface area contributed by atoms with Crippen LogP contribution in [0.3, 0.4) is 0 Å². The van der Waals surface area contributed by atoms with E-state index in [0.29, 0.717) is 23.6 Å². The van der Waals surface area contributed by atoms with Crippen LogP contribution in [0.15, 0.2) is 102 Å². The Balaban J connectivity index is 1.31. The van der Waals surface area contributed by atoms with Crippen LogP contribution in [0.25, 0.3) is 16.8 Å². The third-order valence-electron chi connectivity index (χ3n) is 10.1. The predicted molar refractivity (Wildman–Crippen MR) is 214 cm³/mol. The third-order valence-corrected chi connectivity index (χ3v) is 10.3. The van der Waals surface area contributed by atoms with Crippen molar-refractivity contribution in [2.45, 2.75) is 77.7 Å². The Morgan fingerprint density at radius 2 is 1.70 bits per heavy atom. The van der Waals surface area contributed by atoms with E-state index in [-0.39, 0.29) is 5.91 Å². The minimum Gasteiger partial charge on any atom is -0.490 e. The summed E-state index contributed by atoms with van der Waals surface area (Å²) in [6.45, 7) is 14.9. The highest BCUT2D eigenvalue weighted by molar-refractivity contribution is 7.83. The van der Waals surface area contributed by atoms with E-state index in [1.807, 2.05) is 78.9 Å². The van der Waals surface area contributed by atoms with Crippen LogP contribution in [-0.4, -0.2) is 61.1 Å². The molecule has 2 aliphatic heterocycles. The molecule has 7 heteroatoms. The molecule has 2 saturated heterocycles. The van der Waals surface area contributed by atoms with Crippen molar-refractivity contribution >= 4 is 29.9 Å². The second kappa shape index (κ2) is 19.6. The summed E-state index contributed by atoms with van der Waals surface area (Å²) < 4.78 is 6.52. The van der Waals surface area contributed by atoms with Crippen molar-refractivity contribution < 1.29 is 9.53 Å². The molecule has 2 heterocycles. The van der Waals surface area contributed by atoms with Gasteiger partial charge in [-0.3, -0.25) is 9.69 Å². The number of likely N-dealkylation sites (tertiary alicyclic amines) is 2. The quantitative estimate of drug-likeness (QED) is 0.0793. The fourth-order valence-corrected chi connectivity index (χ4v) is 7.27. The molecule has 1 amide bonds. The number of rotatable bonds is 16. The Labute approximate surface area is 306 Å². The van der Waals surface area contributed by atoms with Crippen LogP contribution >= 0.6 is 12.6 Å². The summed E-state index contributed by atoms with van der Waals surface area (Å²) in [7, 11) is 0. The second-order valence-corrected chi connectivity index (χ2v) is 14.0. The summed E-state index contributed by atoms with van der Waals surface area (Å²) in [5.74, 6) is 0.458. The minimum absolute atomic E-state index is 0.175. The second-order valence-electron chi connectivity index (χ2n) is 13.7. The molecule has 0 aromatic heterocycles. The monoisotopic (exact) mass is 692 g/mol. The zero-order valence-corrected chi connectivity index (χ0v) is 31.0. The summed E-state index contributed by atoms with van der Waals surface area (Å²) in [6, 6.07) is 24.4. The van der Waals surface area contributed by atoms with E-state index < -0.39 is 0 Å². The van der Waals surface area contributed by atoms with Crippen LogP contribution in [0, 0.1) is 0 Å². The molecular formula is C43H56N4O2S. The van der Waals surface area contributed by atoms with E-state index in [2.05, 4.69) is 53.5 Å². The number of carbonyl (C=O) groups excluding carboxylic acids is 1. The Morgan fingerprint density at radius 1 is 0.960 bits per heavy atom. The minimum atomic E-state index is -0.175. The molecule has 266 valence electrons. The number of unbranched alkanes of at least 4 members (excludes halogenated alkanes) is 2. The molecule has 0 spiro atoms. The molecule has 0 unspecified atom stereocenters. The number of anilines is 1. The number of ether oxygens (including phenoxy) is 1. The molecule has 2 fully saturated rings. The first kappa shape index (κ1) is 37.5. The highest BCUT2D eigenvalue weighted by atomic mass is 32.1. The van der Waals surface area contributed by atoms with Crippen molar-refractivity contribution in [1.29, 1.82) is 0 Å². The van der Waals surface area contributed by atoms with Gasteiger partial charge in [-0.25, -0.2) is 0 Å². The molecule has 3 aromatic carbocycles. The Hall–Kier alpha value is -3.78. The Bertz CT molecular complexity index is 1600. The highest BCUT2D eigenvalue weighted by Crippen LogP contribution is 2.31. The molecule has 6 nitrogen and oxygen atoms in total. The van der Waals surface area contributed by atoms with E-state index in [0.717, 1.165) is 66.6 Å². The maximum Gasteiger partial charge on any atom is 0.256 e. The van der Waals surface area contributed by atoms with Crippen LogP contribution in [0.4, 0.5) is 5.69 Å². The third kappa shape index (κ3) is 10.6. The molecule has 0 atom stereocenters.